The van der Waals surface area contributed by atoms with Crippen LogP contribution in [-0.4, -0.2) is 15.6 Å². The largest absolute Gasteiger partial charge is 0.507 e. The molecule has 1 heterocycles. The predicted molar refractivity (Wildman–Crippen MR) is 108 cm³/mol. The van der Waals surface area contributed by atoms with E-state index in [-0.39, 0.29) is 35.4 Å². The van der Waals surface area contributed by atoms with Crippen molar-refractivity contribution in [1.82, 2.24) is 10.3 Å². The molecular formula is C22H31F3N2O. The fourth-order valence-electron chi connectivity index (χ4n) is 2.65. The number of hydrogen-bond acceptors (Lipinski definition) is 3. The van der Waals surface area contributed by atoms with Crippen molar-refractivity contribution in [2.75, 3.05) is 0 Å². The molecule has 0 spiro atoms. The van der Waals surface area contributed by atoms with Gasteiger partial charge in [-0.1, -0.05) is 34.3 Å². The minimum Gasteiger partial charge on any atom is -0.507 e. The Morgan fingerprint density at radius 1 is 1.04 bits per heavy atom. The highest BCUT2D eigenvalue weighted by Gasteiger charge is 2.35. The topological polar surface area (TPSA) is 45.2 Å². The van der Waals surface area contributed by atoms with Crippen molar-refractivity contribution in [2.45, 2.75) is 72.6 Å². The average Bonchev–Trinajstić information content (AvgIpc) is 2.51. The molecule has 0 saturated carbocycles. The summed E-state index contributed by atoms with van der Waals surface area (Å²) in [7, 11) is 0. The molecule has 0 atom stereocenters. The molecule has 1 aromatic heterocycles. The number of benzene rings is 1. The lowest BCUT2D eigenvalue weighted by atomic mass is 9.83. The zero-order valence-electron chi connectivity index (χ0n) is 16.6. The van der Waals surface area contributed by atoms with Crippen LogP contribution in [0.1, 0.15) is 65.7 Å². The first kappa shape index (κ1) is 24.0. The number of phenolic OH excluding ortho intramolecular Hbond substituents is 1. The molecule has 0 unspecified atom stereocenters. The van der Waals surface area contributed by atoms with Gasteiger partial charge in [0, 0.05) is 29.4 Å². The highest BCUT2D eigenvalue weighted by Crippen LogP contribution is 2.42. The van der Waals surface area contributed by atoms with Crippen LogP contribution in [0.3, 0.4) is 0 Å². The van der Waals surface area contributed by atoms with Gasteiger partial charge in [-0.05, 0) is 49.9 Å². The second kappa shape index (κ2) is 8.11. The maximum absolute atomic E-state index is 13.5. The van der Waals surface area contributed by atoms with E-state index in [9.17, 15) is 18.3 Å². The fraction of sp³-hybridized carbons (Fsp3) is 0.500. The molecule has 3 nitrogen and oxygen atoms in total. The van der Waals surface area contributed by atoms with Gasteiger partial charge >= 0.3 is 6.18 Å². The van der Waals surface area contributed by atoms with Crippen molar-refractivity contribution in [1.29, 1.82) is 0 Å². The Morgan fingerprint density at radius 3 is 2.14 bits per heavy atom. The van der Waals surface area contributed by atoms with Crippen LogP contribution in [0.25, 0.3) is 11.3 Å². The highest BCUT2D eigenvalue weighted by atomic mass is 19.4. The van der Waals surface area contributed by atoms with Gasteiger partial charge in [-0.2, -0.15) is 13.2 Å². The molecule has 2 aromatic rings. The Kier molecular flexibility index (Phi) is 6.94. The maximum Gasteiger partial charge on any atom is 0.418 e. The number of alkyl halides is 3. The number of rotatable bonds is 3. The van der Waals surface area contributed by atoms with E-state index in [0.717, 1.165) is 11.6 Å². The van der Waals surface area contributed by atoms with Crippen molar-refractivity contribution in [3.05, 3.63) is 47.2 Å². The number of aromatic hydroxyl groups is 1. The van der Waals surface area contributed by atoms with Gasteiger partial charge in [-0.25, -0.2) is 0 Å². The van der Waals surface area contributed by atoms with Crippen LogP contribution < -0.4 is 5.32 Å². The Morgan fingerprint density at radius 2 is 1.64 bits per heavy atom. The number of halogens is 3. The summed E-state index contributed by atoms with van der Waals surface area (Å²) in [6.07, 6.45) is -3.25. The molecule has 2 N–H and O–H groups in total. The standard InChI is InChI=1S/C21H27F3N2O.CH4/c1-19(2,3)14-10-13(12-26-20(4,5)6)18(27)15(11-14)17-16(21(22,23)24)8-7-9-25-17;/h7-11,26-27H,12H2,1-6H3;1H4. The molecule has 0 aliphatic carbocycles. The Labute approximate surface area is 166 Å². The monoisotopic (exact) mass is 396 g/mol. The molecule has 2 rings (SSSR count). The van der Waals surface area contributed by atoms with Gasteiger partial charge < -0.3 is 10.4 Å². The van der Waals surface area contributed by atoms with Crippen molar-refractivity contribution in [2.24, 2.45) is 0 Å². The summed E-state index contributed by atoms with van der Waals surface area (Å²) in [5.41, 5.74) is -0.142. The molecule has 156 valence electrons. The van der Waals surface area contributed by atoms with Gasteiger partial charge in [-0.15, -0.1) is 0 Å². The van der Waals surface area contributed by atoms with E-state index in [0.29, 0.717) is 12.1 Å². The summed E-state index contributed by atoms with van der Waals surface area (Å²) < 4.78 is 40.4. The third-order valence-electron chi connectivity index (χ3n) is 4.23. The van der Waals surface area contributed by atoms with Gasteiger partial charge in [-0.3, -0.25) is 4.98 Å². The molecule has 0 radical (unpaired) electrons. The molecule has 0 bridgehead atoms. The quantitative estimate of drug-likeness (QED) is 0.640. The van der Waals surface area contributed by atoms with Crippen LogP contribution in [0.15, 0.2) is 30.5 Å². The lowest BCUT2D eigenvalue weighted by Crippen LogP contribution is -2.35. The zero-order valence-corrected chi connectivity index (χ0v) is 16.6. The van der Waals surface area contributed by atoms with Crippen LogP contribution in [0.2, 0.25) is 0 Å². The molecule has 0 aliphatic rings. The molecule has 0 aliphatic heterocycles. The molecule has 0 fully saturated rings. The number of nitrogens with zero attached hydrogens (tertiary/aromatic N) is 1. The summed E-state index contributed by atoms with van der Waals surface area (Å²) in [4.78, 5) is 3.95. The average molecular weight is 396 g/mol. The van der Waals surface area contributed by atoms with Crippen molar-refractivity contribution in [3.8, 4) is 17.0 Å². The van der Waals surface area contributed by atoms with E-state index in [2.05, 4.69) is 10.3 Å². The number of hydrogen-bond donors (Lipinski definition) is 2. The lowest BCUT2D eigenvalue weighted by Gasteiger charge is -2.25. The molecule has 6 heteroatoms. The minimum absolute atomic E-state index is 0. The van der Waals surface area contributed by atoms with Gasteiger partial charge in [0.1, 0.15) is 5.75 Å². The van der Waals surface area contributed by atoms with Crippen LogP contribution in [-0.2, 0) is 18.1 Å². The van der Waals surface area contributed by atoms with Crippen LogP contribution >= 0.6 is 0 Å². The maximum atomic E-state index is 13.5. The Balaban J connectivity index is 0.00000392. The zero-order chi connectivity index (χ0) is 20.6. The van der Waals surface area contributed by atoms with Crippen LogP contribution in [0.4, 0.5) is 13.2 Å². The molecule has 0 amide bonds. The number of pyridine rings is 1. The van der Waals surface area contributed by atoms with Crippen LogP contribution in [0.5, 0.6) is 5.75 Å². The van der Waals surface area contributed by atoms with E-state index in [1.807, 2.05) is 47.6 Å². The number of phenols is 1. The summed E-state index contributed by atoms with van der Waals surface area (Å²) in [6, 6.07) is 5.68. The molecular weight excluding hydrogens is 365 g/mol. The van der Waals surface area contributed by atoms with Gasteiger partial charge in [0.2, 0.25) is 0 Å². The summed E-state index contributed by atoms with van der Waals surface area (Å²) in [5.74, 6) is -0.177. The molecule has 0 saturated heterocycles. The van der Waals surface area contributed by atoms with E-state index in [4.69, 9.17) is 0 Å². The smallest absolute Gasteiger partial charge is 0.418 e. The van der Waals surface area contributed by atoms with E-state index < -0.39 is 11.7 Å². The van der Waals surface area contributed by atoms with Crippen molar-refractivity contribution >= 4 is 0 Å². The summed E-state index contributed by atoms with van der Waals surface area (Å²) in [5, 5.41) is 14.1. The van der Waals surface area contributed by atoms with Gasteiger partial charge in [0.15, 0.2) is 0 Å². The Hall–Kier alpha value is -2.08. The second-order valence-corrected chi connectivity index (χ2v) is 8.78. The first-order valence-corrected chi connectivity index (χ1v) is 8.84. The first-order valence-electron chi connectivity index (χ1n) is 8.84. The molecule has 1 aromatic carbocycles. The third kappa shape index (κ3) is 5.71. The van der Waals surface area contributed by atoms with Crippen molar-refractivity contribution in [3.63, 3.8) is 0 Å². The molecule has 28 heavy (non-hydrogen) atoms. The summed E-state index contributed by atoms with van der Waals surface area (Å²) >= 11 is 0. The van der Waals surface area contributed by atoms with E-state index in [1.54, 1.807) is 6.07 Å². The fourth-order valence-corrected chi connectivity index (χ4v) is 2.65. The third-order valence-corrected chi connectivity index (χ3v) is 4.23. The highest BCUT2D eigenvalue weighted by molar-refractivity contribution is 5.73. The van der Waals surface area contributed by atoms with Gasteiger partial charge in [0.05, 0.1) is 11.3 Å². The normalized spacial score (nSPS) is 12.6. The lowest BCUT2D eigenvalue weighted by molar-refractivity contribution is -0.137. The van der Waals surface area contributed by atoms with Crippen molar-refractivity contribution < 1.29 is 18.3 Å². The Bertz CT molecular complexity index is 816. The van der Waals surface area contributed by atoms with E-state index in [1.165, 1.54) is 12.3 Å². The number of aromatic nitrogens is 1. The summed E-state index contributed by atoms with van der Waals surface area (Å²) in [6.45, 7) is 12.2. The number of nitrogens with one attached hydrogen (secondary N) is 1. The first-order chi connectivity index (χ1) is 12.2. The minimum atomic E-state index is -4.56. The SMILES string of the molecule is C.CC(C)(C)NCc1cc(C(C)(C)C)cc(-c2ncccc2C(F)(F)F)c1O. The predicted octanol–water partition coefficient (Wildman–Crippen LogP) is 6.29. The second-order valence-electron chi connectivity index (χ2n) is 8.78. The van der Waals surface area contributed by atoms with Crippen LogP contribution in [0, 0.1) is 0 Å². The van der Waals surface area contributed by atoms with E-state index >= 15 is 0 Å². The van der Waals surface area contributed by atoms with Gasteiger partial charge in [0.25, 0.3) is 0 Å².